The summed E-state index contributed by atoms with van der Waals surface area (Å²) in [6.45, 7) is 3.98. The van der Waals surface area contributed by atoms with Gasteiger partial charge in [0.1, 0.15) is 5.75 Å². The van der Waals surface area contributed by atoms with E-state index in [0.717, 1.165) is 30.4 Å². The van der Waals surface area contributed by atoms with Gasteiger partial charge < -0.3 is 15.2 Å². The van der Waals surface area contributed by atoms with Crippen LogP contribution in [0.1, 0.15) is 30.4 Å². The highest BCUT2D eigenvalue weighted by molar-refractivity contribution is 5.78. The van der Waals surface area contributed by atoms with Crippen molar-refractivity contribution >= 4 is 5.91 Å². The van der Waals surface area contributed by atoms with Gasteiger partial charge in [-0.3, -0.25) is 4.79 Å². The van der Waals surface area contributed by atoms with Crippen molar-refractivity contribution in [3.8, 4) is 5.75 Å². The van der Waals surface area contributed by atoms with E-state index in [2.05, 4.69) is 11.4 Å². The summed E-state index contributed by atoms with van der Waals surface area (Å²) in [5, 5.41) is 12.2. The molecule has 104 valence electrons. The first-order valence-electron chi connectivity index (χ1n) is 6.66. The molecule has 0 aromatic heterocycles. The Balaban J connectivity index is 1.86. The van der Waals surface area contributed by atoms with Gasteiger partial charge in [-0.25, -0.2) is 0 Å². The summed E-state index contributed by atoms with van der Waals surface area (Å²) < 4.78 is 5.49. The van der Waals surface area contributed by atoms with Gasteiger partial charge in [-0.2, -0.15) is 0 Å². The molecule has 1 aromatic rings. The zero-order chi connectivity index (χ0) is 13.9. The lowest BCUT2D eigenvalue weighted by Gasteiger charge is -2.40. The van der Waals surface area contributed by atoms with Crippen LogP contribution in [-0.2, 0) is 4.79 Å². The third-order valence-corrected chi connectivity index (χ3v) is 3.58. The van der Waals surface area contributed by atoms with Crippen LogP contribution >= 0.6 is 0 Å². The summed E-state index contributed by atoms with van der Waals surface area (Å²) in [5.74, 6) is 0.534. The summed E-state index contributed by atoms with van der Waals surface area (Å²) in [6.07, 6.45) is 2.75. The number of benzene rings is 1. The van der Waals surface area contributed by atoms with Crippen LogP contribution in [-0.4, -0.2) is 29.8 Å². The Morgan fingerprint density at radius 2 is 1.95 bits per heavy atom. The summed E-state index contributed by atoms with van der Waals surface area (Å²) in [6, 6.07) is 5.87. The van der Waals surface area contributed by atoms with Crippen molar-refractivity contribution in [2.75, 3.05) is 13.2 Å². The minimum Gasteiger partial charge on any atom is -0.484 e. The van der Waals surface area contributed by atoms with E-state index in [1.54, 1.807) is 0 Å². The predicted octanol–water partition coefficient (Wildman–Crippen LogP) is 1.71. The lowest BCUT2D eigenvalue weighted by molar-refractivity contribution is -0.127. The number of hydrogen-bond donors (Lipinski definition) is 2. The monoisotopic (exact) mass is 263 g/mol. The van der Waals surface area contributed by atoms with Crippen LogP contribution in [0.5, 0.6) is 5.75 Å². The molecule has 0 radical (unpaired) electrons. The zero-order valence-corrected chi connectivity index (χ0v) is 11.5. The molecule has 0 bridgehead atoms. The summed E-state index contributed by atoms with van der Waals surface area (Å²) in [7, 11) is 0. The minimum atomic E-state index is -0.400. The van der Waals surface area contributed by atoms with Gasteiger partial charge in [-0.1, -0.05) is 6.07 Å². The maximum atomic E-state index is 11.8. The molecule has 2 N–H and O–H groups in total. The van der Waals surface area contributed by atoms with Gasteiger partial charge in [0.25, 0.3) is 5.91 Å². The first-order valence-corrected chi connectivity index (χ1v) is 6.66. The molecule has 0 heterocycles. The number of rotatable bonds is 5. The Morgan fingerprint density at radius 3 is 2.42 bits per heavy atom. The number of carbonyl (C=O) groups excluding carboxylic acids is 1. The normalized spacial score (nSPS) is 16.6. The lowest BCUT2D eigenvalue weighted by atomic mass is 9.77. The molecule has 2 rings (SSSR count). The van der Waals surface area contributed by atoms with Crippen molar-refractivity contribution in [1.29, 1.82) is 0 Å². The minimum absolute atomic E-state index is 0.00228. The van der Waals surface area contributed by atoms with E-state index in [1.807, 2.05) is 26.0 Å². The largest absolute Gasteiger partial charge is 0.484 e. The highest BCUT2D eigenvalue weighted by atomic mass is 16.5. The van der Waals surface area contributed by atoms with Gasteiger partial charge in [0.15, 0.2) is 6.61 Å². The Kier molecular flexibility index (Phi) is 4.10. The molecule has 1 amide bonds. The molecule has 1 saturated carbocycles. The van der Waals surface area contributed by atoms with Crippen LogP contribution in [0, 0.1) is 13.8 Å². The number of nitrogens with one attached hydrogen (secondary N) is 1. The van der Waals surface area contributed by atoms with Crippen LogP contribution < -0.4 is 10.1 Å². The van der Waals surface area contributed by atoms with E-state index in [9.17, 15) is 9.90 Å². The smallest absolute Gasteiger partial charge is 0.258 e. The van der Waals surface area contributed by atoms with E-state index in [1.165, 1.54) is 0 Å². The summed E-state index contributed by atoms with van der Waals surface area (Å²) in [4.78, 5) is 11.8. The molecule has 19 heavy (non-hydrogen) atoms. The van der Waals surface area contributed by atoms with Crippen molar-refractivity contribution in [3.63, 3.8) is 0 Å². The number of aliphatic hydroxyl groups is 1. The van der Waals surface area contributed by atoms with Crippen molar-refractivity contribution in [3.05, 3.63) is 29.3 Å². The SMILES string of the molecule is Cc1cc(C)cc(OCC(=O)NC2(CO)CCC2)c1. The fraction of sp³-hybridized carbons (Fsp3) is 0.533. The van der Waals surface area contributed by atoms with Crippen LogP contribution in [0.2, 0.25) is 0 Å². The van der Waals surface area contributed by atoms with Gasteiger partial charge >= 0.3 is 0 Å². The van der Waals surface area contributed by atoms with Crippen LogP contribution in [0.25, 0.3) is 0 Å². The maximum absolute atomic E-state index is 11.8. The van der Waals surface area contributed by atoms with Crippen LogP contribution in [0.15, 0.2) is 18.2 Å². The average molecular weight is 263 g/mol. The number of ether oxygens (including phenoxy) is 1. The fourth-order valence-electron chi connectivity index (χ4n) is 2.42. The number of aliphatic hydroxyl groups excluding tert-OH is 1. The second-order valence-corrected chi connectivity index (χ2v) is 5.45. The molecular weight excluding hydrogens is 242 g/mol. The maximum Gasteiger partial charge on any atom is 0.258 e. The Labute approximate surface area is 113 Å². The highest BCUT2D eigenvalue weighted by Gasteiger charge is 2.37. The van der Waals surface area contributed by atoms with Crippen molar-refractivity contribution < 1.29 is 14.6 Å². The first-order chi connectivity index (χ1) is 9.03. The van der Waals surface area contributed by atoms with E-state index in [0.29, 0.717) is 5.75 Å². The zero-order valence-electron chi connectivity index (χ0n) is 11.5. The summed E-state index contributed by atoms with van der Waals surface area (Å²) >= 11 is 0. The van der Waals surface area contributed by atoms with E-state index in [-0.39, 0.29) is 19.1 Å². The Hall–Kier alpha value is -1.55. The molecule has 4 heteroatoms. The third kappa shape index (κ3) is 3.47. The average Bonchev–Trinajstić information content (AvgIpc) is 2.30. The molecule has 0 saturated heterocycles. The molecule has 0 unspecified atom stereocenters. The fourth-order valence-corrected chi connectivity index (χ4v) is 2.42. The van der Waals surface area contributed by atoms with E-state index in [4.69, 9.17) is 4.74 Å². The first kappa shape index (κ1) is 13.9. The number of carbonyl (C=O) groups is 1. The van der Waals surface area contributed by atoms with Gasteiger partial charge in [0.05, 0.1) is 12.1 Å². The Morgan fingerprint density at radius 1 is 1.32 bits per heavy atom. The van der Waals surface area contributed by atoms with Crippen molar-refractivity contribution in [2.45, 2.75) is 38.6 Å². The molecular formula is C15H21NO3. The molecule has 1 aromatic carbocycles. The molecule has 1 fully saturated rings. The number of hydrogen-bond acceptors (Lipinski definition) is 3. The molecule has 0 atom stereocenters. The Bertz CT molecular complexity index is 441. The van der Waals surface area contributed by atoms with Gasteiger partial charge in [0.2, 0.25) is 0 Å². The highest BCUT2D eigenvalue weighted by Crippen LogP contribution is 2.31. The molecule has 4 nitrogen and oxygen atoms in total. The number of aryl methyl sites for hydroxylation is 2. The summed E-state index contributed by atoms with van der Waals surface area (Å²) in [5.41, 5.74) is 1.82. The number of amides is 1. The van der Waals surface area contributed by atoms with Gasteiger partial charge in [0, 0.05) is 0 Å². The topological polar surface area (TPSA) is 58.6 Å². The lowest BCUT2D eigenvalue weighted by Crippen LogP contribution is -2.57. The molecule has 1 aliphatic carbocycles. The molecule has 1 aliphatic rings. The van der Waals surface area contributed by atoms with E-state index >= 15 is 0 Å². The second-order valence-electron chi connectivity index (χ2n) is 5.45. The van der Waals surface area contributed by atoms with Crippen molar-refractivity contribution in [2.24, 2.45) is 0 Å². The third-order valence-electron chi connectivity index (χ3n) is 3.58. The molecule has 0 aliphatic heterocycles. The molecule has 0 spiro atoms. The second kappa shape index (κ2) is 5.61. The predicted molar refractivity (Wildman–Crippen MR) is 73.2 cm³/mol. The van der Waals surface area contributed by atoms with Crippen LogP contribution in [0.3, 0.4) is 0 Å². The van der Waals surface area contributed by atoms with Gasteiger partial charge in [-0.05, 0) is 56.4 Å². The van der Waals surface area contributed by atoms with Crippen LogP contribution in [0.4, 0.5) is 0 Å². The van der Waals surface area contributed by atoms with Gasteiger partial charge in [-0.15, -0.1) is 0 Å². The van der Waals surface area contributed by atoms with E-state index < -0.39 is 5.54 Å². The standard InChI is InChI=1S/C15H21NO3/c1-11-6-12(2)8-13(7-11)19-9-14(18)16-15(10-17)4-3-5-15/h6-8,17H,3-5,9-10H2,1-2H3,(H,16,18). The quantitative estimate of drug-likeness (QED) is 0.850. The van der Waals surface area contributed by atoms with Crippen molar-refractivity contribution in [1.82, 2.24) is 5.32 Å².